The van der Waals surface area contributed by atoms with Gasteiger partial charge in [0.1, 0.15) is 5.75 Å². The average Bonchev–Trinajstić information content (AvgIpc) is 2.91. The van der Waals surface area contributed by atoms with Crippen molar-refractivity contribution in [2.24, 2.45) is 0 Å². The van der Waals surface area contributed by atoms with E-state index in [2.05, 4.69) is 24.1 Å². The molecule has 0 unspecified atom stereocenters. The minimum atomic E-state index is -0.0783. The molecule has 0 radical (unpaired) electrons. The fourth-order valence-electron chi connectivity index (χ4n) is 2.04. The van der Waals surface area contributed by atoms with Gasteiger partial charge >= 0.3 is 0 Å². The molecule has 0 fully saturated rings. The first-order chi connectivity index (χ1) is 10.5. The summed E-state index contributed by atoms with van der Waals surface area (Å²) in [5.41, 5.74) is 2.62. The molecule has 1 N–H and O–H groups in total. The van der Waals surface area contributed by atoms with Gasteiger partial charge in [0.2, 0.25) is 5.91 Å². The largest absolute Gasteiger partial charge is 0.492 e. The van der Waals surface area contributed by atoms with Crippen molar-refractivity contribution in [1.29, 1.82) is 0 Å². The maximum atomic E-state index is 12.2. The summed E-state index contributed by atoms with van der Waals surface area (Å²) in [4.78, 5) is 16.7. The van der Waals surface area contributed by atoms with Gasteiger partial charge in [0.15, 0.2) is 0 Å². The Kier molecular flexibility index (Phi) is 5.55. The van der Waals surface area contributed by atoms with E-state index in [-0.39, 0.29) is 12.3 Å². The molecule has 2 aromatic rings. The number of aromatic nitrogens is 1. The first kappa shape index (κ1) is 16.5. The molecule has 0 aliphatic rings. The second-order valence-electron chi connectivity index (χ2n) is 5.49. The van der Waals surface area contributed by atoms with Crippen molar-refractivity contribution < 1.29 is 9.53 Å². The first-order valence-electron chi connectivity index (χ1n) is 7.47. The molecule has 0 atom stereocenters. The Balaban J connectivity index is 2.05. The molecule has 0 saturated heterocycles. The Hall–Kier alpha value is -1.88. The topological polar surface area (TPSA) is 51.2 Å². The predicted molar refractivity (Wildman–Crippen MR) is 90.9 cm³/mol. The number of hydrogen-bond donors (Lipinski definition) is 1. The molecule has 0 bridgehead atoms. The van der Waals surface area contributed by atoms with Gasteiger partial charge in [-0.2, -0.15) is 0 Å². The lowest BCUT2D eigenvalue weighted by atomic mass is 10.2. The predicted octanol–water partition coefficient (Wildman–Crippen LogP) is 4.15. The average molecular weight is 318 g/mol. The zero-order valence-electron chi connectivity index (χ0n) is 13.5. The van der Waals surface area contributed by atoms with Gasteiger partial charge in [0, 0.05) is 11.3 Å². The number of carbonyl (C=O) groups excluding carboxylic acids is 1. The minimum Gasteiger partial charge on any atom is -0.492 e. The summed E-state index contributed by atoms with van der Waals surface area (Å²) in [6.07, 6.45) is 0.280. The molecule has 1 aromatic heterocycles. The summed E-state index contributed by atoms with van der Waals surface area (Å²) in [6, 6.07) is 5.76. The summed E-state index contributed by atoms with van der Waals surface area (Å²) in [5, 5.41) is 5.93. The third-order valence-corrected chi connectivity index (χ3v) is 4.31. The van der Waals surface area contributed by atoms with Crippen LogP contribution in [-0.4, -0.2) is 17.5 Å². The van der Waals surface area contributed by atoms with E-state index < -0.39 is 0 Å². The molecule has 1 aromatic carbocycles. The van der Waals surface area contributed by atoms with Gasteiger partial charge < -0.3 is 10.1 Å². The van der Waals surface area contributed by atoms with Crippen molar-refractivity contribution in [2.75, 3.05) is 11.9 Å². The summed E-state index contributed by atoms with van der Waals surface area (Å²) >= 11 is 1.60. The molecule has 1 heterocycles. The summed E-state index contributed by atoms with van der Waals surface area (Å²) in [5.74, 6) is 1.02. The summed E-state index contributed by atoms with van der Waals surface area (Å²) in [7, 11) is 0. The van der Waals surface area contributed by atoms with E-state index in [1.54, 1.807) is 11.3 Å². The van der Waals surface area contributed by atoms with Crippen LogP contribution in [-0.2, 0) is 11.2 Å². The standard InChI is InChI=1S/C17H22N2O2S/c1-5-21-15-8-12(4)6-7-14(15)19-16(20)9-13-10-22-17(18-13)11(2)3/h6-8,10-11H,5,9H2,1-4H3,(H,19,20). The van der Waals surface area contributed by atoms with Crippen LogP contribution in [0, 0.1) is 6.92 Å². The van der Waals surface area contributed by atoms with Gasteiger partial charge in [-0.3, -0.25) is 4.79 Å². The smallest absolute Gasteiger partial charge is 0.230 e. The van der Waals surface area contributed by atoms with E-state index in [4.69, 9.17) is 4.74 Å². The molecule has 4 nitrogen and oxygen atoms in total. The van der Waals surface area contributed by atoms with Crippen LogP contribution < -0.4 is 10.1 Å². The molecule has 5 heteroatoms. The number of thiazole rings is 1. The monoisotopic (exact) mass is 318 g/mol. The van der Waals surface area contributed by atoms with Gasteiger partial charge in [-0.25, -0.2) is 4.98 Å². The number of carbonyl (C=O) groups is 1. The zero-order valence-corrected chi connectivity index (χ0v) is 14.3. The fourth-order valence-corrected chi connectivity index (χ4v) is 2.87. The molecule has 0 spiro atoms. The SMILES string of the molecule is CCOc1cc(C)ccc1NC(=O)Cc1csc(C(C)C)n1. The number of anilines is 1. The lowest BCUT2D eigenvalue weighted by Crippen LogP contribution is -2.15. The van der Waals surface area contributed by atoms with Crippen molar-refractivity contribution in [2.45, 2.75) is 40.0 Å². The first-order valence-corrected chi connectivity index (χ1v) is 8.35. The van der Waals surface area contributed by atoms with Crippen molar-refractivity contribution in [1.82, 2.24) is 4.98 Å². The van der Waals surface area contributed by atoms with Gasteiger partial charge in [-0.05, 0) is 31.5 Å². The van der Waals surface area contributed by atoms with E-state index in [1.165, 1.54) is 0 Å². The number of hydrogen-bond acceptors (Lipinski definition) is 4. The van der Waals surface area contributed by atoms with Crippen molar-refractivity contribution in [3.8, 4) is 5.75 Å². The maximum absolute atomic E-state index is 12.2. The van der Waals surface area contributed by atoms with Crippen LogP contribution in [0.5, 0.6) is 5.75 Å². The van der Waals surface area contributed by atoms with Gasteiger partial charge in [-0.15, -0.1) is 11.3 Å². The molecular weight excluding hydrogens is 296 g/mol. The molecular formula is C17H22N2O2S. The Morgan fingerprint density at radius 1 is 1.41 bits per heavy atom. The Morgan fingerprint density at radius 3 is 2.82 bits per heavy atom. The van der Waals surface area contributed by atoms with Crippen LogP contribution in [0.1, 0.15) is 43.0 Å². The molecule has 0 aliphatic carbocycles. The van der Waals surface area contributed by atoms with E-state index >= 15 is 0 Å². The van der Waals surface area contributed by atoms with Crippen LogP contribution in [0.2, 0.25) is 0 Å². The second kappa shape index (κ2) is 7.40. The number of rotatable bonds is 6. The number of nitrogens with one attached hydrogen (secondary N) is 1. The number of ether oxygens (including phenoxy) is 1. The van der Waals surface area contributed by atoms with Crippen LogP contribution in [0.4, 0.5) is 5.69 Å². The Bertz CT molecular complexity index is 650. The number of nitrogens with zero attached hydrogens (tertiary/aromatic N) is 1. The Labute approximate surface area is 135 Å². The third-order valence-electron chi connectivity index (χ3n) is 3.12. The maximum Gasteiger partial charge on any atom is 0.230 e. The molecule has 118 valence electrons. The number of aryl methyl sites for hydroxylation is 1. The van der Waals surface area contributed by atoms with Crippen molar-refractivity contribution >= 4 is 22.9 Å². The van der Waals surface area contributed by atoms with Gasteiger partial charge in [-0.1, -0.05) is 19.9 Å². The van der Waals surface area contributed by atoms with E-state index in [1.807, 2.05) is 37.4 Å². The number of benzene rings is 1. The highest BCUT2D eigenvalue weighted by Crippen LogP contribution is 2.26. The Morgan fingerprint density at radius 2 is 2.18 bits per heavy atom. The normalized spacial score (nSPS) is 10.8. The highest BCUT2D eigenvalue weighted by atomic mass is 32.1. The fraction of sp³-hybridized carbons (Fsp3) is 0.412. The molecule has 2 rings (SSSR count). The van der Waals surface area contributed by atoms with Crippen LogP contribution in [0.15, 0.2) is 23.6 Å². The molecule has 22 heavy (non-hydrogen) atoms. The highest BCUT2D eigenvalue weighted by molar-refractivity contribution is 7.09. The van der Waals surface area contributed by atoms with Gasteiger partial charge in [0.05, 0.1) is 29.4 Å². The van der Waals surface area contributed by atoms with Crippen molar-refractivity contribution in [3.63, 3.8) is 0 Å². The molecule has 1 amide bonds. The van der Waals surface area contributed by atoms with Gasteiger partial charge in [0.25, 0.3) is 0 Å². The second-order valence-corrected chi connectivity index (χ2v) is 6.38. The quantitative estimate of drug-likeness (QED) is 0.870. The van der Waals surface area contributed by atoms with Crippen LogP contribution >= 0.6 is 11.3 Å². The van der Waals surface area contributed by atoms with E-state index in [0.717, 1.165) is 16.3 Å². The third kappa shape index (κ3) is 4.31. The summed E-state index contributed by atoms with van der Waals surface area (Å²) < 4.78 is 5.58. The lowest BCUT2D eigenvalue weighted by molar-refractivity contribution is -0.115. The van der Waals surface area contributed by atoms with E-state index in [0.29, 0.717) is 24.0 Å². The van der Waals surface area contributed by atoms with Crippen LogP contribution in [0.3, 0.4) is 0 Å². The van der Waals surface area contributed by atoms with E-state index in [9.17, 15) is 4.79 Å². The summed E-state index contributed by atoms with van der Waals surface area (Å²) in [6.45, 7) is 8.69. The molecule has 0 saturated carbocycles. The van der Waals surface area contributed by atoms with Crippen molar-refractivity contribution in [3.05, 3.63) is 39.8 Å². The molecule has 0 aliphatic heterocycles. The number of amides is 1. The minimum absolute atomic E-state index is 0.0783. The van der Waals surface area contributed by atoms with Crippen LogP contribution in [0.25, 0.3) is 0 Å². The lowest BCUT2D eigenvalue weighted by Gasteiger charge is -2.12. The highest BCUT2D eigenvalue weighted by Gasteiger charge is 2.12. The zero-order chi connectivity index (χ0) is 16.1.